The van der Waals surface area contributed by atoms with Gasteiger partial charge in [-0.05, 0) is 79.6 Å². The Morgan fingerprint density at radius 3 is 2.66 bits per heavy atom. The highest BCUT2D eigenvalue weighted by atomic mass is 35.5. The van der Waals surface area contributed by atoms with Crippen LogP contribution in [-0.2, 0) is 10.5 Å². The van der Waals surface area contributed by atoms with Crippen LogP contribution in [0.4, 0.5) is 0 Å². The first-order valence-corrected chi connectivity index (χ1v) is 16.1. The van der Waals surface area contributed by atoms with Crippen molar-refractivity contribution in [1.29, 1.82) is 0 Å². The molecule has 2 aliphatic heterocycles. The number of piperidine rings is 1. The molecule has 4 heterocycles. The molecular formula is C32H31ClN4O2S2. The van der Waals surface area contributed by atoms with Crippen molar-refractivity contribution in [2.24, 2.45) is 5.92 Å². The SMILES string of the molecule is O=C(NCCCC1CCN(C(=O)c2ccccc2SCc2ccc(Cl)cc2)CC1)C1=Cc2cnc3cccc(n23)S1. The number of likely N-dealkylation sites (tertiary alicyclic amines) is 1. The fourth-order valence-electron chi connectivity index (χ4n) is 5.38. The van der Waals surface area contributed by atoms with Crippen molar-refractivity contribution < 1.29 is 9.59 Å². The van der Waals surface area contributed by atoms with Crippen molar-refractivity contribution in [3.63, 3.8) is 0 Å². The maximum atomic E-state index is 13.4. The van der Waals surface area contributed by atoms with E-state index in [0.717, 1.165) is 76.4 Å². The predicted molar refractivity (Wildman–Crippen MR) is 167 cm³/mol. The molecule has 2 aromatic carbocycles. The van der Waals surface area contributed by atoms with Gasteiger partial charge in [-0.1, -0.05) is 53.7 Å². The van der Waals surface area contributed by atoms with Crippen LogP contribution in [0.15, 0.2) is 87.8 Å². The number of hydrogen-bond donors (Lipinski definition) is 1. The van der Waals surface area contributed by atoms with Gasteiger partial charge in [-0.25, -0.2) is 4.98 Å². The van der Waals surface area contributed by atoms with Crippen molar-refractivity contribution in [1.82, 2.24) is 19.6 Å². The second-order valence-corrected chi connectivity index (χ2v) is 12.9. The van der Waals surface area contributed by atoms with Crippen LogP contribution in [0.1, 0.15) is 47.3 Å². The normalized spacial score (nSPS) is 15.1. The maximum absolute atomic E-state index is 13.4. The Kier molecular flexibility index (Phi) is 8.70. The molecule has 1 saturated heterocycles. The van der Waals surface area contributed by atoms with Crippen LogP contribution < -0.4 is 5.32 Å². The van der Waals surface area contributed by atoms with Gasteiger partial charge in [-0.2, -0.15) is 0 Å². The molecule has 41 heavy (non-hydrogen) atoms. The van der Waals surface area contributed by atoms with Gasteiger partial charge in [0, 0.05) is 35.3 Å². The highest BCUT2D eigenvalue weighted by Crippen LogP contribution is 2.34. The largest absolute Gasteiger partial charge is 0.352 e. The summed E-state index contributed by atoms with van der Waals surface area (Å²) >= 11 is 9.18. The number of carbonyl (C=O) groups excluding carboxylic acids is 2. The average molecular weight is 603 g/mol. The fourth-order valence-corrected chi connectivity index (χ4v) is 7.52. The zero-order valence-corrected chi connectivity index (χ0v) is 25.0. The topological polar surface area (TPSA) is 66.7 Å². The standard InChI is InChI=1S/C32H31ClN4O2S2/c33-24-12-10-23(11-13-24)21-40-27-7-2-1-6-26(27)32(39)36-17-14-22(15-18-36)5-4-16-34-31(38)28-19-25-20-35-29-8-3-9-30(41-28)37(25)29/h1-3,6-13,19-20,22H,4-5,14-18,21H2,(H,34,38). The third-order valence-corrected chi connectivity index (χ3v) is 10.1. The number of pyridine rings is 1. The third-order valence-electron chi connectivity index (χ3n) is 7.64. The summed E-state index contributed by atoms with van der Waals surface area (Å²) in [5, 5.41) is 4.83. The Morgan fingerprint density at radius 1 is 1.02 bits per heavy atom. The Labute approximate surface area is 253 Å². The van der Waals surface area contributed by atoms with E-state index in [1.807, 2.05) is 83.9 Å². The van der Waals surface area contributed by atoms with Crippen LogP contribution in [0, 0.1) is 5.92 Å². The van der Waals surface area contributed by atoms with Crippen LogP contribution in [0.2, 0.25) is 5.02 Å². The summed E-state index contributed by atoms with van der Waals surface area (Å²) in [5.74, 6) is 1.44. The van der Waals surface area contributed by atoms with Crippen LogP contribution in [0.5, 0.6) is 0 Å². The minimum Gasteiger partial charge on any atom is -0.352 e. The van der Waals surface area contributed by atoms with Gasteiger partial charge < -0.3 is 10.2 Å². The van der Waals surface area contributed by atoms with Gasteiger partial charge >= 0.3 is 0 Å². The molecule has 0 unspecified atom stereocenters. The maximum Gasteiger partial charge on any atom is 0.258 e. The Hall–Kier alpha value is -3.20. The Morgan fingerprint density at radius 2 is 1.83 bits per heavy atom. The van der Waals surface area contributed by atoms with Gasteiger partial charge in [0.15, 0.2) is 0 Å². The second-order valence-electron chi connectivity index (χ2n) is 10.4. The lowest BCUT2D eigenvalue weighted by molar-refractivity contribution is -0.116. The summed E-state index contributed by atoms with van der Waals surface area (Å²) in [6.45, 7) is 2.20. The van der Waals surface area contributed by atoms with E-state index in [4.69, 9.17) is 11.6 Å². The molecule has 0 saturated carbocycles. The van der Waals surface area contributed by atoms with Crippen LogP contribution in [-0.4, -0.2) is 45.7 Å². The Bertz CT molecular complexity index is 1590. The van der Waals surface area contributed by atoms with Gasteiger partial charge in [0.1, 0.15) is 5.65 Å². The van der Waals surface area contributed by atoms with Gasteiger partial charge in [-0.15, -0.1) is 11.8 Å². The summed E-state index contributed by atoms with van der Waals surface area (Å²) in [7, 11) is 0. The van der Waals surface area contributed by atoms with Crippen molar-refractivity contribution in [3.8, 4) is 0 Å². The van der Waals surface area contributed by atoms with Crippen molar-refractivity contribution in [3.05, 3.63) is 99.7 Å². The number of carbonyl (C=O) groups is 2. The first-order valence-electron chi connectivity index (χ1n) is 13.9. The minimum atomic E-state index is -0.0348. The monoisotopic (exact) mass is 602 g/mol. The molecule has 0 spiro atoms. The number of rotatable bonds is 9. The zero-order chi connectivity index (χ0) is 28.2. The number of imidazole rings is 1. The molecule has 210 valence electrons. The summed E-state index contributed by atoms with van der Waals surface area (Å²) in [4.78, 5) is 34.4. The van der Waals surface area contributed by atoms with Crippen molar-refractivity contribution in [2.75, 3.05) is 19.6 Å². The summed E-state index contributed by atoms with van der Waals surface area (Å²) < 4.78 is 2.07. The molecule has 2 aliphatic rings. The number of amides is 2. The average Bonchev–Trinajstić information content (AvgIpc) is 3.43. The van der Waals surface area contributed by atoms with E-state index in [0.29, 0.717) is 17.4 Å². The van der Waals surface area contributed by atoms with Gasteiger partial charge in [0.05, 0.1) is 27.4 Å². The Balaban J connectivity index is 0.946. The van der Waals surface area contributed by atoms with Crippen LogP contribution >= 0.6 is 35.1 Å². The number of nitrogens with one attached hydrogen (secondary N) is 1. The smallest absolute Gasteiger partial charge is 0.258 e. The molecule has 2 aromatic heterocycles. The highest BCUT2D eigenvalue weighted by molar-refractivity contribution is 8.04. The van der Waals surface area contributed by atoms with Crippen LogP contribution in [0.3, 0.4) is 0 Å². The highest BCUT2D eigenvalue weighted by Gasteiger charge is 2.25. The lowest BCUT2D eigenvalue weighted by Gasteiger charge is -2.32. The van der Waals surface area contributed by atoms with Gasteiger partial charge in [0.25, 0.3) is 11.8 Å². The lowest BCUT2D eigenvalue weighted by Crippen LogP contribution is -2.38. The van der Waals surface area contributed by atoms with E-state index in [2.05, 4.69) is 14.7 Å². The molecule has 0 atom stereocenters. The molecule has 2 amide bonds. The van der Waals surface area contributed by atoms with E-state index in [1.54, 1.807) is 11.8 Å². The third kappa shape index (κ3) is 6.50. The van der Waals surface area contributed by atoms with E-state index >= 15 is 0 Å². The molecule has 0 bridgehead atoms. The molecule has 1 N–H and O–H groups in total. The first kappa shape index (κ1) is 27.9. The fraction of sp³-hybridized carbons (Fsp3) is 0.281. The van der Waals surface area contributed by atoms with Crippen molar-refractivity contribution >= 4 is 58.7 Å². The first-order chi connectivity index (χ1) is 20.0. The van der Waals surface area contributed by atoms with E-state index in [1.165, 1.54) is 17.3 Å². The molecule has 6 nitrogen and oxygen atoms in total. The number of aromatic nitrogens is 2. The number of benzene rings is 2. The molecule has 4 aromatic rings. The number of halogens is 1. The second kappa shape index (κ2) is 12.8. The number of hydrogen-bond acceptors (Lipinski definition) is 5. The van der Waals surface area contributed by atoms with Gasteiger partial charge in [0.2, 0.25) is 0 Å². The predicted octanol–water partition coefficient (Wildman–Crippen LogP) is 7.18. The molecule has 0 radical (unpaired) electrons. The molecule has 6 rings (SSSR count). The van der Waals surface area contributed by atoms with E-state index < -0.39 is 0 Å². The molecular weight excluding hydrogens is 572 g/mol. The lowest BCUT2D eigenvalue weighted by atomic mass is 9.92. The van der Waals surface area contributed by atoms with Gasteiger partial charge in [-0.3, -0.25) is 14.0 Å². The quantitative estimate of drug-likeness (QED) is 0.162. The zero-order valence-electron chi connectivity index (χ0n) is 22.6. The molecule has 0 aliphatic carbocycles. The summed E-state index contributed by atoms with van der Waals surface area (Å²) in [6, 6.07) is 21.7. The minimum absolute atomic E-state index is 0.0348. The molecule has 9 heteroatoms. The molecule has 1 fully saturated rings. The van der Waals surface area contributed by atoms with Crippen LogP contribution in [0.25, 0.3) is 11.7 Å². The summed E-state index contributed by atoms with van der Waals surface area (Å²) in [5.41, 5.74) is 3.79. The summed E-state index contributed by atoms with van der Waals surface area (Å²) in [6.07, 6.45) is 7.69. The number of nitrogens with zero attached hydrogens (tertiary/aromatic N) is 3. The van der Waals surface area contributed by atoms with E-state index in [9.17, 15) is 9.59 Å². The van der Waals surface area contributed by atoms with E-state index in [-0.39, 0.29) is 11.8 Å². The number of thioether (sulfide) groups is 2. The van der Waals surface area contributed by atoms with Crippen molar-refractivity contribution in [2.45, 2.75) is 41.4 Å².